The Morgan fingerprint density at radius 1 is 1.19 bits per heavy atom. The summed E-state index contributed by atoms with van der Waals surface area (Å²) in [7, 11) is 0. The van der Waals surface area contributed by atoms with Crippen LogP contribution in [0.1, 0.15) is 24.4 Å². The first-order chi connectivity index (χ1) is 10.1. The van der Waals surface area contributed by atoms with E-state index >= 15 is 0 Å². The normalized spacial score (nSPS) is 14.1. The Bertz CT molecular complexity index is 745. The second kappa shape index (κ2) is 5.16. The van der Waals surface area contributed by atoms with E-state index in [1.54, 1.807) is 28.8 Å². The molecule has 0 saturated heterocycles. The minimum absolute atomic E-state index is 0.117. The van der Waals surface area contributed by atoms with E-state index in [1.807, 2.05) is 0 Å². The van der Waals surface area contributed by atoms with Crippen molar-refractivity contribution < 1.29 is 14.3 Å². The van der Waals surface area contributed by atoms with Crippen LogP contribution in [0.15, 0.2) is 41.2 Å². The molecule has 1 fully saturated rings. The number of carbonyl (C=O) groups is 1. The van der Waals surface area contributed by atoms with Gasteiger partial charge in [0.2, 0.25) is 0 Å². The van der Waals surface area contributed by atoms with Gasteiger partial charge in [-0.1, -0.05) is 6.07 Å². The van der Waals surface area contributed by atoms with Gasteiger partial charge in [0.1, 0.15) is 5.82 Å². The number of aliphatic carboxylic acids is 1. The third-order valence-corrected chi connectivity index (χ3v) is 3.59. The molecule has 0 atom stereocenters. The van der Waals surface area contributed by atoms with Gasteiger partial charge >= 0.3 is 5.97 Å². The fraction of sp³-hybridized carbons (Fsp3) is 0.250. The van der Waals surface area contributed by atoms with Crippen molar-refractivity contribution in [3.05, 3.63) is 58.1 Å². The highest BCUT2D eigenvalue weighted by molar-refractivity contribution is 5.70. The van der Waals surface area contributed by atoms with E-state index in [1.165, 1.54) is 12.1 Å². The largest absolute Gasteiger partial charge is 0.481 e. The van der Waals surface area contributed by atoms with Gasteiger partial charge in [0.15, 0.2) is 0 Å². The summed E-state index contributed by atoms with van der Waals surface area (Å²) in [6, 6.07) is 9.36. The third-order valence-electron chi connectivity index (χ3n) is 3.59. The molecular formula is C16H14FNO3. The summed E-state index contributed by atoms with van der Waals surface area (Å²) in [6.07, 6.45) is 1.53. The highest BCUT2D eigenvalue weighted by Gasteiger charge is 2.28. The first-order valence-corrected chi connectivity index (χ1v) is 6.78. The van der Waals surface area contributed by atoms with Crippen molar-refractivity contribution in [1.29, 1.82) is 0 Å². The van der Waals surface area contributed by atoms with E-state index in [0.29, 0.717) is 5.69 Å². The van der Waals surface area contributed by atoms with E-state index in [2.05, 4.69) is 0 Å². The molecule has 1 aliphatic rings. The van der Waals surface area contributed by atoms with Crippen molar-refractivity contribution in [2.75, 3.05) is 0 Å². The number of hydrogen-bond donors (Lipinski definition) is 1. The van der Waals surface area contributed by atoms with Crippen molar-refractivity contribution >= 4 is 5.97 Å². The predicted octanol–water partition coefficient (Wildman–Crippen LogP) is 2.62. The van der Waals surface area contributed by atoms with Crippen molar-refractivity contribution in [2.24, 2.45) is 0 Å². The first kappa shape index (κ1) is 13.5. The summed E-state index contributed by atoms with van der Waals surface area (Å²) in [5, 5.41) is 8.86. The molecule has 5 heteroatoms. The average Bonchev–Trinajstić information content (AvgIpc) is 3.26. The van der Waals surface area contributed by atoms with Gasteiger partial charge in [-0.15, -0.1) is 0 Å². The van der Waals surface area contributed by atoms with E-state index < -0.39 is 5.97 Å². The molecule has 3 rings (SSSR count). The van der Waals surface area contributed by atoms with Crippen LogP contribution < -0.4 is 5.56 Å². The van der Waals surface area contributed by atoms with Gasteiger partial charge in [-0.3, -0.25) is 9.59 Å². The number of hydrogen-bond acceptors (Lipinski definition) is 2. The number of pyridine rings is 1. The lowest BCUT2D eigenvalue weighted by Gasteiger charge is -2.14. The van der Waals surface area contributed by atoms with E-state index in [9.17, 15) is 14.0 Å². The lowest BCUT2D eigenvalue weighted by Crippen LogP contribution is -2.25. The lowest BCUT2D eigenvalue weighted by atomic mass is 10.1. The van der Waals surface area contributed by atoms with Crippen LogP contribution >= 0.6 is 0 Å². The van der Waals surface area contributed by atoms with Crippen LogP contribution in [0.3, 0.4) is 0 Å². The molecule has 0 spiro atoms. The van der Waals surface area contributed by atoms with Gasteiger partial charge in [-0.2, -0.15) is 0 Å². The second-order valence-electron chi connectivity index (χ2n) is 5.23. The van der Waals surface area contributed by atoms with Crippen LogP contribution in [0.2, 0.25) is 0 Å². The third kappa shape index (κ3) is 2.72. The van der Waals surface area contributed by atoms with Gasteiger partial charge in [0.25, 0.3) is 5.56 Å². The number of halogens is 1. The number of benzene rings is 1. The second-order valence-corrected chi connectivity index (χ2v) is 5.23. The molecule has 1 aliphatic carbocycles. The van der Waals surface area contributed by atoms with Crippen LogP contribution in [0.5, 0.6) is 0 Å². The maximum atomic E-state index is 13.0. The molecule has 0 radical (unpaired) electrons. The zero-order chi connectivity index (χ0) is 15.0. The predicted molar refractivity (Wildman–Crippen MR) is 75.7 cm³/mol. The van der Waals surface area contributed by atoms with Crippen molar-refractivity contribution in [2.45, 2.75) is 25.3 Å². The molecular weight excluding hydrogens is 273 g/mol. The quantitative estimate of drug-likeness (QED) is 0.940. The van der Waals surface area contributed by atoms with Crippen LogP contribution in [0, 0.1) is 5.82 Å². The number of rotatable bonds is 4. The molecule has 2 aromatic rings. The minimum atomic E-state index is -1.02. The number of carboxylic acid groups (broad SMARTS) is 1. The molecule has 21 heavy (non-hydrogen) atoms. The van der Waals surface area contributed by atoms with Crippen molar-refractivity contribution in [3.63, 3.8) is 0 Å². The number of aromatic nitrogens is 1. The molecule has 1 aromatic heterocycles. The minimum Gasteiger partial charge on any atom is -0.481 e. The van der Waals surface area contributed by atoms with Crippen LogP contribution in [0.25, 0.3) is 11.3 Å². The molecule has 0 bridgehead atoms. The van der Waals surface area contributed by atoms with Gasteiger partial charge in [-0.25, -0.2) is 4.39 Å². The topological polar surface area (TPSA) is 59.3 Å². The molecule has 1 N–H and O–H groups in total. The smallest absolute Gasteiger partial charge is 0.308 e. The zero-order valence-electron chi connectivity index (χ0n) is 11.3. The maximum absolute atomic E-state index is 13.0. The number of carboxylic acids is 1. The number of nitrogens with zero attached hydrogens (tertiary/aromatic N) is 1. The average molecular weight is 287 g/mol. The molecule has 1 aromatic carbocycles. The summed E-state index contributed by atoms with van der Waals surface area (Å²) >= 11 is 0. The Labute approximate surface area is 120 Å². The SMILES string of the molecule is O=C(O)Cc1ccc(-c2ccc(F)cc2)n(C2CC2)c1=O. The molecule has 1 heterocycles. The Hall–Kier alpha value is -2.43. The maximum Gasteiger partial charge on any atom is 0.308 e. The summed E-state index contributed by atoms with van der Waals surface area (Å²) in [5.41, 5.74) is 1.47. The fourth-order valence-electron chi connectivity index (χ4n) is 2.44. The van der Waals surface area contributed by atoms with E-state index in [4.69, 9.17) is 5.11 Å². The van der Waals surface area contributed by atoms with Crippen LogP contribution in [-0.2, 0) is 11.2 Å². The zero-order valence-corrected chi connectivity index (χ0v) is 11.3. The van der Waals surface area contributed by atoms with Gasteiger partial charge in [0.05, 0.1) is 12.1 Å². The van der Waals surface area contributed by atoms with Gasteiger partial charge < -0.3 is 9.67 Å². The van der Waals surface area contributed by atoms with Gasteiger partial charge in [0, 0.05) is 11.6 Å². The monoisotopic (exact) mass is 287 g/mol. The Kier molecular flexibility index (Phi) is 3.33. The Morgan fingerprint density at radius 3 is 2.43 bits per heavy atom. The summed E-state index contributed by atoms with van der Waals surface area (Å²) in [5.74, 6) is -1.36. The molecule has 0 unspecified atom stereocenters. The first-order valence-electron chi connectivity index (χ1n) is 6.78. The molecule has 4 nitrogen and oxygen atoms in total. The molecule has 108 valence electrons. The summed E-state index contributed by atoms with van der Waals surface area (Å²) < 4.78 is 14.7. The summed E-state index contributed by atoms with van der Waals surface area (Å²) in [4.78, 5) is 23.3. The lowest BCUT2D eigenvalue weighted by molar-refractivity contribution is -0.136. The van der Waals surface area contributed by atoms with Crippen LogP contribution in [0.4, 0.5) is 4.39 Å². The highest BCUT2D eigenvalue weighted by Crippen LogP contribution is 2.37. The molecule has 1 saturated carbocycles. The van der Waals surface area contributed by atoms with Crippen molar-refractivity contribution in [3.8, 4) is 11.3 Å². The fourth-order valence-corrected chi connectivity index (χ4v) is 2.44. The standard InChI is InChI=1S/C16H14FNO3/c17-12-4-1-10(2-5-12)14-8-3-11(9-15(19)20)16(21)18(14)13-6-7-13/h1-5,8,13H,6-7,9H2,(H,19,20). The van der Waals surface area contributed by atoms with E-state index in [0.717, 1.165) is 18.4 Å². The highest BCUT2D eigenvalue weighted by atomic mass is 19.1. The van der Waals surface area contributed by atoms with E-state index in [-0.39, 0.29) is 29.4 Å². The summed E-state index contributed by atoms with van der Waals surface area (Å²) in [6.45, 7) is 0. The molecule has 0 amide bonds. The van der Waals surface area contributed by atoms with Crippen LogP contribution in [-0.4, -0.2) is 15.6 Å². The Balaban J connectivity index is 2.12. The van der Waals surface area contributed by atoms with Gasteiger partial charge in [-0.05, 0) is 48.7 Å². The Morgan fingerprint density at radius 2 is 1.86 bits per heavy atom. The van der Waals surface area contributed by atoms with Crippen molar-refractivity contribution in [1.82, 2.24) is 4.57 Å². The molecule has 0 aliphatic heterocycles.